The van der Waals surface area contributed by atoms with E-state index in [0.717, 1.165) is 10.8 Å². The van der Waals surface area contributed by atoms with Crippen molar-refractivity contribution < 1.29 is 37.3 Å². The highest BCUT2D eigenvalue weighted by atomic mass is 19.4. The van der Waals surface area contributed by atoms with Gasteiger partial charge in [-0.15, -0.1) is 13.2 Å². The average Bonchev–Trinajstić information content (AvgIpc) is 3.00. The van der Waals surface area contributed by atoms with Gasteiger partial charge in [0.2, 0.25) is 0 Å². The Morgan fingerprint density at radius 3 is 2.86 bits per heavy atom. The molecule has 1 aliphatic rings. The number of H-pyrrole nitrogens is 1. The predicted molar refractivity (Wildman–Crippen MR) is 89.9 cm³/mol. The van der Waals surface area contributed by atoms with Crippen LogP contribution in [-0.4, -0.2) is 58.7 Å². The SMILES string of the molecule is CC(=O)OC1C[C@H](n2cc(C#CC/N=C\OC(F)(F)F)c(=O)[nH]c2=O)O[C@@H]1CO. The summed E-state index contributed by atoms with van der Waals surface area (Å²) in [6, 6.07) is 0. The molecule has 0 radical (unpaired) electrons. The number of nitrogens with one attached hydrogen (secondary N) is 1. The highest BCUT2D eigenvalue weighted by Gasteiger charge is 2.38. The summed E-state index contributed by atoms with van der Waals surface area (Å²) in [6.45, 7) is 0.330. The molecule has 1 fully saturated rings. The van der Waals surface area contributed by atoms with Crippen LogP contribution in [0.25, 0.3) is 0 Å². The summed E-state index contributed by atoms with van der Waals surface area (Å²) in [5.41, 5.74) is -1.80. The van der Waals surface area contributed by atoms with Gasteiger partial charge in [0.05, 0.1) is 6.61 Å². The van der Waals surface area contributed by atoms with E-state index in [1.807, 2.05) is 4.98 Å². The molecular formula is C16H16F3N3O7. The van der Waals surface area contributed by atoms with Crippen LogP contribution < -0.4 is 11.2 Å². The first kappa shape index (κ1) is 22.2. The molecule has 1 unspecified atom stereocenters. The molecule has 2 N–H and O–H groups in total. The second-order valence-corrected chi connectivity index (χ2v) is 5.72. The van der Waals surface area contributed by atoms with E-state index in [9.17, 15) is 32.7 Å². The Morgan fingerprint density at radius 1 is 1.52 bits per heavy atom. The molecule has 0 bridgehead atoms. The lowest BCUT2D eigenvalue weighted by molar-refractivity contribution is -0.280. The van der Waals surface area contributed by atoms with Crippen molar-refractivity contribution >= 4 is 12.4 Å². The number of alkyl halides is 3. The molecule has 0 spiro atoms. The van der Waals surface area contributed by atoms with Gasteiger partial charge in [0.15, 0.2) is 6.40 Å². The lowest BCUT2D eigenvalue weighted by Crippen LogP contribution is -2.33. The number of aliphatic imine (C=N–C) groups is 1. The minimum Gasteiger partial charge on any atom is -0.460 e. The zero-order valence-corrected chi connectivity index (χ0v) is 14.9. The Morgan fingerprint density at radius 2 is 2.24 bits per heavy atom. The third-order valence-corrected chi connectivity index (χ3v) is 3.61. The number of nitrogens with zero attached hydrogens (tertiary/aromatic N) is 2. The number of rotatable bonds is 5. The number of hydrogen-bond donors (Lipinski definition) is 2. The number of ether oxygens (including phenoxy) is 3. The van der Waals surface area contributed by atoms with E-state index >= 15 is 0 Å². The Balaban J connectivity index is 2.16. The van der Waals surface area contributed by atoms with Gasteiger partial charge in [0, 0.05) is 19.5 Å². The van der Waals surface area contributed by atoms with Crippen molar-refractivity contribution in [2.45, 2.75) is 38.1 Å². The van der Waals surface area contributed by atoms with Crippen LogP contribution in [0, 0.1) is 11.8 Å². The molecule has 3 atom stereocenters. The van der Waals surface area contributed by atoms with Gasteiger partial charge in [-0.1, -0.05) is 11.8 Å². The molecule has 0 aliphatic carbocycles. The number of aliphatic hydroxyl groups excluding tert-OH is 1. The van der Waals surface area contributed by atoms with E-state index < -0.39 is 55.2 Å². The molecule has 13 heteroatoms. The number of halogens is 3. The van der Waals surface area contributed by atoms with Gasteiger partial charge in [0.1, 0.15) is 30.5 Å². The molecule has 1 saturated heterocycles. The smallest absolute Gasteiger partial charge is 0.460 e. The minimum absolute atomic E-state index is 0.0443. The number of aromatic nitrogens is 2. The average molecular weight is 419 g/mol. The molecule has 29 heavy (non-hydrogen) atoms. The van der Waals surface area contributed by atoms with Crippen LogP contribution in [0.2, 0.25) is 0 Å². The second-order valence-electron chi connectivity index (χ2n) is 5.72. The molecular weight excluding hydrogens is 403 g/mol. The topological polar surface area (TPSA) is 132 Å². The maximum absolute atomic E-state index is 12.1. The Kier molecular flexibility index (Phi) is 7.18. The van der Waals surface area contributed by atoms with Gasteiger partial charge in [-0.05, 0) is 0 Å². The summed E-state index contributed by atoms with van der Waals surface area (Å²) >= 11 is 0. The summed E-state index contributed by atoms with van der Waals surface area (Å²) in [6.07, 6.45) is -6.14. The third-order valence-electron chi connectivity index (χ3n) is 3.61. The first-order valence-electron chi connectivity index (χ1n) is 8.11. The van der Waals surface area contributed by atoms with E-state index in [0.29, 0.717) is 0 Å². The molecule has 0 aromatic carbocycles. The van der Waals surface area contributed by atoms with Crippen molar-refractivity contribution in [2.24, 2.45) is 4.99 Å². The van der Waals surface area contributed by atoms with Gasteiger partial charge < -0.3 is 19.3 Å². The number of carbonyl (C=O) groups is 1. The fraction of sp³-hybridized carbons (Fsp3) is 0.500. The quantitative estimate of drug-likeness (QED) is 0.289. The predicted octanol–water partition coefficient (Wildman–Crippen LogP) is -0.336. The van der Waals surface area contributed by atoms with E-state index in [1.54, 1.807) is 0 Å². The first-order valence-corrected chi connectivity index (χ1v) is 8.11. The van der Waals surface area contributed by atoms with Crippen molar-refractivity contribution in [3.63, 3.8) is 0 Å². The van der Waals surface area contributed by atoms with E-state index in [1.165, 1.54) is 6.92 Å². The largest absolute Gasteiger partial charge is 0.573 e. The van der Waals surface area contributed by atoms with Crippen molar-refractivity contribution in [3.8, 4) is 11.8 Å². The first-order chi connectivity index (χ1) is 13.6. The molecule has 10 nitrogen and oxygen atoms in total. The summed E-state index contributed by atoms with van der Waals surface area (Å²) < 4.78 is 50.2. The van der Waals surface area contributed by atoms with Gasteiger partial charge in [0.25, 0.3) is 5.56 Å². The fourth-order valence-electron chi connectivity index (χ4n) is 2.48. The van der Waals surface area contributed by atoms with Crippen molar-refractivity contribution in [2.75, 3.05) is 13.2 Å². The van der Waals surface area contributed by atoms with Crippen LogP contribution in [0.3, 0.4) is 0 Å². The van der Waals surface area contributed by atoms with Crippen LogP contribution >= 0.6 is 0 Å². The molecule has 0 amide bonds. The van der Waals surface area contributed by atoms with Crippen molar-refractivity contribution in [1.29, 1.82) is 0 Å². The van der Waals surface area contributed by atoms with Crippen LogP contribution in [0.5, 0.6) is 0 Å². The summed E-state index contributed by atoms with van der Waals surface area (Å²) in [5.74, 6) is 4.13. The number of carbonyl (C=O) groups excluding carboxylic acids is 1. The zero-order chi connectivity index (χ0) is 21.6. The number of aliphatic hydroxyl groups is 1. The number of aromatic amines is 1. The zero-order valence-electron chi connectivity index (χ0n) is 14.9. The second kappa shape index (κ2) is 9.39. The van der Waals surface area contributed by atoms with E-state index in [4.69, 9.17) is 9.47 Å². The highest BCUT2D eigenvalue weighted by Crippen LogP contribution is 2.29. The normalized spacial score (nSPS) is 21.6. The molecule has 0 saturated carbocycles. The summed E-state index contributed by atoms with van der Waals surface area (Å²) in [4.78, 5) is 40.4. The number of hydrogen-bond acceptors (Lipinski definition) is 8. The summed E-state index contributed by atoms with van der Waals surface area (Å²) in [7, 11) is 0. The van der Waals surface area contributed by atoms with Gasteiger partial charge >= 0.3 is 18.0 Å². The molecule has 2 rings (SSSR count). The van der Waals surface area contributed by atoms with Gasteiger partial charge in [-0.2, -0.15) is 0 Å². The molecule has 1 aromatic rings. The maximum atomic E-state index is 12.1. The van der Waals surface area contributed by atoms with Crippen LogP contribution in [0.1, 0.15) is 25.1 Å². The molecule has 1 aliphatic heterocycles. The standard InChI is InChI=1S/C16H16F3N3O7/c1-9(24)28-11-5-13(29-12(11)7-23)22-6-10(14(25)21-15(22)26)3-2-4-20-8-27-16(17,18)19/h6,8,11-13,23H,4-5,7H2,1H3,(H,21,25,26)/b20-8-/t11?,12-,13-/m1/s1. The van der Waals surface area contributed by atoms with Crippen LogP contribution in [-0.2, 0) is 19.0 Å². The Hall–Kier alpha value is -3.11. The van der Waals surface area contributed by atoms with E-state index in [-0.39, 0.29) is 18.4 Å². The summed E-state index contributed by atoms with van der Waals surface area (Å²) in [5, 5.41) is 9.34. The number of esters is 1. The van der Waals surface area contributed by atoms with E-state index in [2.05, 4.69) is 21.6 Å². The monoisotopic (exact) mass is 419 g/mol. The van der Waals surface area contributed by atoms with Crippen LogP contribution in [0.4, 0.5) is 13.2 Å². The lowest BCUT2D eigenvalue weighted by atomic mass is 10.2. The Labute approximate surface area is 160 Å². The van der Waals surface area contributed by atoms with Gasteiger partial charge in [-0.25, -0.2) is 9.79 Å². The fourth-order valence-corrected chi connectivity index (χ4v) is 2.48. The van der Waals surface area contributed by atoms with Gasteiger partial charge in [-0.3, -0.25) is 19.1 Å². The molecule has 1 aromatic heterocycles. The van der Waals surface area contributed by atoms with Crippen molar-refractivity contribution in [1.82, 2.24) is 9.55 Å². The minimum atomic E-state index is -4.86. The maximum Gasteiger partial charge on any atom is 0.573 e. The molecule has 2 heterocycles. The van der Waals surface area contributed by atoms with Crippen molar-refractivity contribution in [3.05, 3.63) is 32.6 Å². The third kappa shape index (κ3) is 6.47. The Bertz CT molecular complexity index is 942. The molecule has 158 valence electrons. The lowest BCUT2D eigenvalue weighted by Gasteiger charge is -2.15. The highest BCUT2D eigenvalue weighted by molar-refractivity contribution is 5.66. The van der Waals surface area contributed by atoms with Crippen LogP contribution in [0.15, 0.2) is 20.8 Å².